The number of ether oxygens (including phenoxy) is 1. The highest BCUT2D eigenvalue weighted by atomic mass is 16.5. The molecule has 0 saturated carbocycles. The lowest BCUT2D eigenvalue weighted by Gasteiger charge is -2.42. The summed E-state index contributed by atoms with van der Waals surface area (Å²) in [7, 11) is 0. The van der Waals surface area contributed by atoms with Gasteiger partial charge in [-0.1, -0.05) is 74.5 Å². The minimum atomic E-state index is -0.0483. The van der Waals surface area contributed by atoms with Gasteiger partial charge >= 0.3 is 0 Å². The zero-order valence-electron chi connectivity index (χ0n) is 17.2. The summed E-state index contributed by atoms with van der Waals surface area (Å²) in [5.41, 5.74) is 8.70. The maximum absolute atomic E-state index is 6.30. The molecule has 2 aliphatic rings. The van der Waals surface area contributed by atoms with Crippen LogP contribution in [0, 0.1) is 0 Å². The van der Waals surface area contributed by atoms with Crippen LogP contribution in [-0.2, 0) is 11.8 Å². The Balaban J connectivity index is 1.53. The van der Waals surface area contributed by atoms with Crippen LogP contribution in [0.1, 0.15) is 36.1 Å². The van der Waals surface area contributed by atoms with E-state index in [9.17, 15) is 0 Å². The van der Waals surface area contributed by atoms with Gasteiger partial charge in [0, 0.05) is 23.6 Å². The molecule has 30 heavy (non-hydrogen) atoms. The fourth-order valence-electron chi connectivity index (χ4n) is 4.94. The molecule has 4 aromatic carbocycles. The molecular weight excluding hydrogens is 366 g/mol. The summed E-state index contributed by atoms with van der Waals surface area (Å²) in [6.07, 6.45) is 0.909. The summed E-state index contributed by atoms with van der Waals surface area (Å²) in [4.78, 5) is 2.38. The summed E-state index contributed by atoms with van der Waals surface area (Å²) in [5, 5.41) is 0. The number of para-hydroxylation sites is 3. The topological polar surface area (TPSA) is 12.5 Å². The van der Waals surface area contributed by atoms with E-state index in [1.54, 1.807) is 0 Å². The lowest BCUT2D eigenvalue weighted by atomic mass is 9.73. The maximum atomic E-state index is 6.30. The van der Waals surface area contributed by atoms with Crippen LogP contribution in [-0.4, -0.2) is 0 Å². The van der Waals surface area contributed by atoms with E-state index in [1.165, 1.54) is 33.6 Å². The molecule has 0 aromatic heterocycles. The molecule has 2 aliphatic heterocycles. The van der Waals surface area contributed by atoms with Crippen molar-refractivity contribution in [3.05, 3.63) is 113 Å². The van der Waals surface area contributed by atoms with Gasteiger partial charge in [-0.2, -0.15) is 0 Å². The highest BCUT2D eigenvalue weighted by Crippen LogP contribution is 2.52. The first kappa shape index (κ1) is 17.3. The second kappa shape index (κ2) is 6.24. The Morgan fingerprint density at radius 3 is 2.00 bits per heavy atom. The van der Waals surface area contributed by atoms with E-state index in [4.69, 9.17) is 4.74 Å². The average molecular weight is 389 g/mol. The summed E-state index contributed by atoms with van der Waals surface area (Å²) in [6.45, 7) is 4.63. The molecule has 0 N–H and O–H groups in total. The second-order valence-electron chi connectivity index (χ2n) is 8.67. The zero-order chi connectivity index (χ0) is 20.3. The third-order valence-corrected chi connectivity index (χ3v) is 6.52. The third kappa shape index (κ3) is 2.43. The number of rotatable bonds is 1. The predicted octanol–water partition coefficient (Wildman–Crippen LogP) is 7.49. The molecule has 0 aliphatic carbocycles. The second-order valence-corrected chi connectivity index (χ2v) is 8.67. The average Bonchev–Trinajstić information content (AvgIpc) is 2.78. The van der Waals surface area contributed by atoms with E-state index < -0.39 is 0 Å². The van der Waals surface area contributed by atoms with E-state index in [0.29, 0.717) is 0 Å². The van der Waals surface area contributed by atoms with Crippen molar-refractivity contribution in [2.45, 2.75) is 25.7 Å². The molecule has 0 bridgehead atoms. The molecule has 0 saturated heterocycles. The normalized spacial score (nSPS) is 15.3. The lowest BCUT2D eigenvalue weighted by molar-refractivity contribution is 0.460. The van der Waals surface area contributed by atoms with Crippen molar-refractivity contribution in [2.75, 3.05) is 4.90 Å². The van der Waals surface area contributed by atoms with Gasteiger partial charge in [0.1, 0.15) is 11.5 Å². The van der Waals surface area contributed by atoms with Crippen LogP contribution in [0.4, 0.5) is 17.1 Å². The van der Waals surface area contributed by atoms with E-state index in [-0.39, 0.29) is 5.41 Å². The number of hydrogen-bond donors (Lipinski definition) is 0. The first-order chi connectivity index (χ1) is 14.6. The summed E-state index contributed by atoms with van der Waals surface area (Å²) < 4.78 is 6.30. The standard InChI is InChI=1S/C28H23NO/c1-28(2)22-10-4-6-12-24(22)29(25-13-7-5-11-23(25)28)21-16-15-20-17-19-9-3-8-14-26(19)30-27(20)18-21/h3-16,18H,17H2,1-2H3. The molecule has 146 valence electrons. The molecule has 2 heteroatoms. The maximum Gasteiger partial charge on any atom is 0.133 e. The Morgan fingerprint density at radius 1 is 0.667 bits per heavy atom. The monoisotopic (exact) mass is 389 g/mol. The molecule has 0 atom stereocenters. The SMILES string of the molecule is CC1(C)c2ccccc2N(c2ccc3c(c2)Oc2ccccc2C3)c2ccccc21. The summed E-state index contributed by atoms with van der Waals surface area (Å²) in [6, 6.07) is 32.4. The number of nitrogens with zero attached hydrogens (tertiary/aromatic N) is 1. The molecule has 6 rings (SSSR count). The van der Waals surface area contributed by atoms with Crippen molar-refractivity contribution in [1.29, 1.82) is 0 Å². The minimum Gasteiger partial charge on any atom is -0.457 e. The smallest absolute Gasteiger partial charge is 0.133 e. The molecule has 4 aromatic rings. The van der Waals surface area contributed by atoms with Crippen LogP contribution in [0.2, 0.25) is 0 Å². The molecule has 2 nitrogen and oxygen atoms in total. The van der Waals surface area contributed by atoms with Crippen molar-refractivity contribution in [3.63, 3.8) is 0 Å². The van der Waals surface area contributed by atoms with Gasteiger partial charge in [-0.25, -0.2) is 0 Å². The Hall–Kier alpha value is -3.52. The van der Waals surface area contributed by atoms with Crippen LogP contribution in [0.3, 0.4) is 0 Å². The fraction of sp³-hybridized carbons (Fsp3) is 0.143. The van der Waals surface area contributed by atoms with Crippen LogP contribution in [0.5, 0.6) is 11.5 Å². The molecule has 0 spiro atoms. The van der Waals surface area contributed by atoms with Crippen molar-refractivity contribution in [2.24, 2.45) is 0 Å². The van der Waals surface area contributed by atoms with Crippen molar-refractivity contribution >= 4 is 17.1 Å². The van der Waals surface area contributed by atoms with Gasteiger partial charge in [-0.3, -0.25) is 0 Å². The van der Waals surface area contributed by atoms with Gasteiger partial charge in [0.15, 0.2) is 0 Å². The van der Waals surface area contributed by atoms with Gasteiger partial charge in [0.2, 0.25) is 0 Å². The van der Waals surface area contributed by atoms with Gasteiger partial charge < -0.3 is 9.64 Å². The molecule has 0 amide bonds. The van der Waals surface area contributed by atoms with Gasteiger partial charge in [-0.15, -0.1) is 0 Å². The largest absolute Gasteiger partial charge is 0.457 e. The Kier molecular flexibility index (Phi) is 3.61. The van der Waals surface area contributed by atoms with Gasteiger partial charge in [0.25, 0.3) is 0 Å². The van der Waals surface area contributed by atoms with E-state index in [1.807, 2.05) is 6.07 Å². The van der Waals surface area contributed by atoms with Crippen LogP contribution in [0.25, 0.3) is 0 Å². The van der Waals surface area contributed by atoms with E-state index in [0.717, 1.165) is 23.6 Å². The highest BCUT2D eigenvalue weighted by Gasteiger charge is 2.36. The Bertz CT molecular complexity index is 1240. The van der Waals surface area contributed by atoms with Crippen LogP contribution >= 0.6 is 0 Å². The first-order valence-electron chi connectivity index (χ1n) is 10.5. The quantitative estimate of drug-likeness (QED) is 0.294. The fourth-order valence-corrected chi connectivity index (χ4v) is 4.94. The first-order valence-corrected chi connectivity index (χ1v) is 10.5. The van der Waals surface area contributed by atoms with E-state index >= 15 is 0 Å². The Labute approximate surface area is 177 Å². The summed E-state index contributed by atoms with van der Waals surface area (Å²) >= 11 is 0. The Morgan fingerprint density at radius 2 is 1.27 bits per heavy atom. The molecule has 0 unspecified atom stereocenters. The highest BCUT2D eigenvalue weighted by molar-refractivity contribution is 5.86. The molecule has 0 fully saturated rings. The minimum absolute atomic E-state index is 0.0483. The van der Waals surface area contributed by atoms with Crippen LogP contribution < -0.4 is 9.64 Å². The van der Waals surface area contributed by atoms with Crippen molar-refractivity contribution in [3.8, 4) is 11.5 Å². The number of anilines is 3. The van der Waals surface area contributed by atoms with Crippen molar-refractivity contribution in [1.82, 2.24) is 0 Å². The number of hydrogen-bond acceptors (Lipinski definition) is 2. The number of benzene rings is 4. The van der Waals surface area contributed by atoms with E-state index in [2.05, 4.69) is 104 Å². The lowest BCUT2D eigenvalue weighted by Crippen LogP contribution is -2.30. The van der Waals surface area contributed by atoms with Crippen LogP contribution in [0.15, 0.2) is 91.0 Å². The molecular formula is C28H23NO. The number of fused-ring (bicyclic) bond motifs is 4. The third-order valence-electron chi connectivity index (χ3n) is 6.52. The zero-order valence-corrected chi connectivity index (χ0v) is 17.2. The molecule has 0 radical (unpaired) electrons. The van der Waals surface area contributed by atoms with Gasteiger partial charge in [0.05, 0.1) is 11.4 Å². The predicted molar refractivity (Wildman–Crippen MR) is 123 cm³/mol. The van der Waals surface area contributed by atoms with Gasteiger partial charge in [-0.05, 0) is 46.5 Å². The van der Waals surface area contributed by atoms with Crippen molar-refractivity contribution < 1.29 is 4.74 Å². The summed E-state index contributed by atoms with van der Waals surface area (Å²) in [5.74, 6) is 1.91. The molecule has 2 heterocycles.